The summed E-state index contributed by atoms with van der Waals surface area (Å²) in [6.45, 7) is 26.0. The molecule has 0 atom stereocenters. The van der Waals surface area contributed by atoms with Crippen molar-refractivity contribution in [1.82, 2.24) is 4.98 Å². The number of aromatic nitrogens is 1. The van der Waals surface area contributed by atoms with Gasteiger partial charge in [-0.05, 0) is 96.1 Å². The van der Waals surface area contributed by atoms with Crippen LogP contribution >= 0.6 is 0 Å². The standard InChI is InChI=1S/C33H32NO.C17H32O2.Ir/c1-32(2,3)18-21-11-9-13-23-24-14-15-34-30-26-16-20-10-7-8-12-22(20)27(19-33(4,5)6)31(26)35-28(29(24)30)17-25(21)23;1-7-16(8-2,9-3)14(18)13-15(19)17(10-4,11-5)12-6;/h7-15,17H,18-19H2,1-6H3;13,18H,7-12H2,1-6H3;/q-1;;/b;14-13-;/i15D;;. The Hall–Kier alpha value is -3.53. The predicted octanol–water partition coefficient (Wildman–Crippen LogP) is 14.7. The van der Waals surface area contributed by atoms with Crippen molar-refractivity contribution >= 4 is 38.1 Å². The van der Waals surface area contributed by atoms with Crippen LogP contribution in [-0.4, -0.2) is 15.9 Å². The summed E-state index contributed by atoms with van der Waals surface area (Å²) in [6, 6.07) is 22.6. The zero-order valence-corrected chi connectivity index (χ0v) is 37.9. The van der Waals surface area contributed by atoms with Gasteiger partial charge in [0, 0.05) is 54.3 Å². The summed E-state index contributed by atoms with van der Waals surface area (Å²) in [5.74, 6) is 2.04. The first-order valence-corrected chi connectivity index (χ1v) is 20.4. The molecule has 1 N–H and O–H groups in total. The van der Waals surface area contributed by atoms with E-state index in [0.717, 1.165) is 95.7 Å². The molecule has 1 aliphatic heterocycles. The number of ether oxygens (including phenoxy) is 1. The third kappa shape index (κ3) is 8.89. The van der Waals surface area contributed by atoms with E-state index in [4.69, 9.17) is 11.1 Å². The van der Waals surface area contributed by atoms with Crippen LogP contribution in [-0.2, 0) is 37.7 Å². The fourth-order valence-corrected chi connectivity index (χ4v) is 8.50. The maximum Gasteiger partial charge on any atom is 0.165 e. The zero-order valence-electron chi connectivity index (χ0n) is 36.5. The topological polar surface area (TPSA) is 59.4 Å². The molecule has 1 aromatic heterocycles. The van der Waals surface area contributed by atoms with Crippen molar-refractivity contribution in [1.29, 1.82) is 0 Å². The van der Waals surface area contributed by atoms with Gasteiger partial charge in [-0.3, -0.25) is 9.78 Å². The number of hydrogen-bond acceptors (Lipinski definition) is 4. The van der Waals surface area contributed by atoms with Crippen molar-refractivity contribution in [2.45, 2.75) is 134 Å². The number of ketones is 1. The summed E-state index contributed by atoms with van der Waals surface area (Å²) in [5.41, 5.74) is 3.87. The summed E-state index contributed by atoms with van der Waals surface area (Å²) in [5, 5.41) is 17.0. The van der Waals surface area contributed by atoms with Crippen LogP contribution in [0.15, 0.2) is 72.6 Å². The average molecular weight is 920 g/mol. The number of allylic oxidation sites excluding steroid dienone is 2. The predicted molar refractivity (Wildman–Crippen MR) is 230 cm³/mol. The number of aliphatic hydroxyl groups excluding tert-OH is 1. The second kappa shape index (κ2) is 17.3. The van der Waals surface area contributed by atoms with Gasteiger partial charge in [0.2, 0.25) is 0 Å². The van der Waals surface area contributed by atoms with Crippen molar-refractivity contribution in [3.8, 4) is 22.8 Å². The smallest absolute Gasteiger partial charge is 0.165 e. The zero-order chi connectivity index (χ0) is 40.5. The third-order valence-electron chi connectivity index (χ3n) is 12.2. The Kier molecular flexibility index (Phi) is 13.4. The van der Waals surface area contributed by atoms with Crippen LogP contribution < -0.4 is 4.74 Å². The maximum atomic E-state index is 12.5. The van der Waals surface area contributed by atoms with Gasteiger partial charge in [-0.25, -0.2) is 0 Å². The number of carbonyl (C=O) groups is 1. The van der Waals surface area contributed by atoms with Crippen molar-refractivity contribution in [2.75, 3.05) is 0 Å². The molecule has 55 heavy (non-hydrogen) atoms. The molecule has 297 valence electrons. The van der Waals surface area contributed by atoms with E-state index in [0.29, 0.717) is 0 Å². The Morgan fingerprint density at radius 3 is 1.93 bits per heavy atom. The van der Waals surface area contributed by atoms with Gasteiger partial charge in [-0.1, -0.05) is 136 Å². The van der Waals surface area contributed by atoms with Gasteiger partial charge >= 0.3 is 0 Å². The van der Waals surface area contributed by atoms with Crippen LogP contribution in [0, 0.1) is 27.7 Å². The monoisotopic (exact) mass is 920 g/mol. The Bertz CT molecular complexity index is 2220. The van der Waals surface area contributed by atoms with Gasteiger partial charge in [0.1, 0.15) is 11.5 Å². The number of nitrogens with zero attached hydrogens (tertiary/aromatic N) is 1. The number of hydrogen-bond donors (Lipinski definition) is 1. The van der Waals surface area contributed by atoms with E-state index < -0.39 is 0 Å². The van der Waals surface area contributed by atoms with Crippen LogP contribution in [0.3, 0.4) is 0 Å². The van der Waals surface area contributed by atoms with Crippen molar-refractivity contribution in [3.63, 3.8) is 0 Å². The Morgan fingerprint density at radius 2 is 1.35 bits per heavy atom. The Labute approximate surface area is 346 Å². The van der Waals surface area contributed by atoms with E-state index in [1.807, 2.05) is 6.07 Å². The van der Waals surface area contributed by atoms with Crippen LogP contribution in [0.25, 0.3) is 43.6 Å². The van der Waals surface area contributed by atoms with E-state index >= 15 is 0 Å². The molecule has 6 rings (SSSR count). The number of rotatable bonds is 11. The number of fused-ring (bicyclic) bond motifs is 5. The number of benzene rings is 4. The van der Waals surface area contributed by atoms with E-state index in [-0.39, 0.29) is 59.5 Å². The van der Waals surface area contributed by atoms with Crippen LogP contribution in [0.1, 0.15) is 134 Å². The second-order valence-electron chi connectivity index (χ2n) is 17.9. The maximum absolute atomic E-state index is 12.5. The van der Waals surface area contributed by atoms with Gasteiger partial charge in [0.25, 0.3) is 0 Å². The molecule has 0 unspecified atom stereocenters. The van der Waals surface area contributed by atoms with Crippen molar-refractivity contribution in [2.24, 2.45) is 21.7 Å². The van der Waals surface area contributed by atoms with Crippen molar-refractivity contribution < 1.29 is 36.1 Å². The molecule has 0 bridgehead atoms. The van der Waals surface area contributed by atoms with Crippen molar-refractivity contribution in [3.05, 3.63) is 89.8 Å². The van der Waals surface area contributed by atoms with E-state index in [2.05, 4.69) is 138 Å². The summed E-state index contributed by atoms with van der Waals surface area (Å²) in [6.07, 6.45) is 8.72. The summed E-state index contributed by atoms with van der Waals surface area (Å²) >= 11 is 0. The number of carbonyl (C=O) groups excluding carboxylic acids is 1. The molecule has 1 radical (unpaired) electrons. The van der Waals surface area contributed by atoms with Gasteiger partial charge < -0.3 is 9.84 Å². The minimum atomic E-state index is -0.297. The fraction of sp³-hybridized carbons (Fsp3) is 0.480. The molecule has 4 nitrogen and oxygen atoms in total. The first-order chi connectivity index (χ1) is 25.9. The van der Waals surface area contributed by atoms with E-state index in [9.17, 15) is 9.90 Å². The van der Waals surface area contributed by atoms with Gasteiger partial charge in [-0.15, -0.1) is 17.5 Å². The first kappa shape index (κ1) is 42.6. The quantitative estimate of drug-likeness (QED) is 0.0609. The molecular formula is C50H64IrNO3-. The molecule has 5 heteroatoms. The molecule has 0 amide bonds. The normalized spacial score (nSPS) is 13.5. The van der Waals surface area contributed by atoms with Gasteiger partial charge in [-0.2, -0.15) is 0 Å². The van der Waals surface area contributed by atoms with E-state index in [1.54, 1.807) is 0 Å². The minimum absolute atomic E-state index is 0. The molecule has 0 saturated carbocycles. The molecule has 1 aliphatic rings. The molecule has 0 aliphatic carbocycles. The SMILES string of the molecule is CCC(CC)(CC)C(=O)/C=C(\O)C(CC)(CC)CC.[2H]c1cc2c3c(cc4c(CC(C)(C)C)cccc42)Oc2c([c-]c4ccccc4c2CC(C)(C)C)-c3n1.[Ir]. The van der Waals surface area contributed by atoms with Gasteiger partial charge in [0.15, 0.2) is 5.78 Å². The molecule has 0 fully saturated rings. The second-order valence-corrected chi connectivity index (χ2v) is 17.9. The minimum Gasteiger partial charge on any atom is -0.512 e. The largest absolute Gasteiger partial charge is 0.512 e. The molecule has 4 aromatic carbocycles. The summed E-state index contributed by atoms with van der Waals surface area (Å²) in [4.78, 5) is 17.3. The van der Waals surface area contributed by atoms with Crippen LogP contribution in [0.4, 0.5) is 0 Å². The third-order valence-corrected chi connectivity index (χ3v) is 12.2. The number of aliphatic hydroxyl groups is 1. The molecule has 2 heterocycles. The van der Waals surface area contributed by atoms with Crippen LogP contribution in [0.5, 0.6) is 11.5 Å². The summed E-state index contributed by atoms with van der Waals surface area (Å²) in [7, 11) is 0. The van der Waals surface area contributed by atoms with Gasteiger partial charge in [0.05, 0.1) is 7.12 Å². The average Bonchev–Trinajstić information content (AvgIpc) is 3.13. The summed E-state index contributed by atoms with van der Waals surface area (Å²) < 4.78 is 15.5. The van der Waals surface area contributed by atoms with E-state index in [1.165, 1.54) is 28.0 Å². The number of pyridine rings is 1. The molecular weight excluding hydrogens is 855 g/mol. The fourth-order valence-electron chi connectivity index (χ4n) is 8.50. The molecule has 0 saturated heterocycles. The Balaban J connectivity index is 0.000000299. The molecule has 0 spiro atoms. The molecule has 5 aromatic rings. The Morgan fingerprint density at radius 1 is 0.764 bits per heavy atom. The van der Waals surface area contributed by atoms with Crippen LogP contribution in [0.2, 0.25) is 0 Å². The first-order valence-electron chi connectivity index (χ1n) is 20.9.